The van der Waals surface area contributed by atoms with Crippen molar-refractivity contribution in [1.82, 2.24) is 0 Å². The van der Waals surface area contributed by atoms with E-state index in [-0.39, 0.29) is 11.1 Å². The SMILES string of the molecule is COc1cc([C@H]2CCN(Cc3cccc(F)c3)c3ccccc3S2)cc(OC)c1OC. The number of hydrogen-bond acceptors (Lipinski definition) is 5. The molecule has 0 spiro atoms. The summed E-state index contributed by atoms with van der Waals surface area (Å²) in [7, 11) is 4.88. The van der Waals surface area contributed by atoms with Gasteiger partial charge in [0, 0.05) is 23.2 Å². The molecule has 0 N–H and O–H groups in total. The zero-order valence-electron chi connectivity index (χ0n) is 17.9. The number of thioether (sulfide) groups is 1. The Morgan fingerprint density at radius 1 is 0.935 bits per heavy atom. The maximum Gasteiger partial charge on any atom is 0.203 e. The van der Waals surface area contributed by atoms with Crippen molar-refractivity contribution < 1.29 is 18.6 Å². The molecule has 1 heterocycles. The smallest absolute Gasteiger partial charge is 0.203 e. The first-order chi connectivity index (χ1) is 15.1. The second kappa shape index (κ2) is 9.52. The van der Waals surface area contributed by atoms with Gasteiger partial charge in [-0.25, -0.2) is 4.39 Å². The van der Waals surface area contributed by atoms with E-state index in [1.807, 2.05) is 30.0 Å². The van der Waals surface area contributed by atoms with Gasteiger partial charge >= 0.3 is 0 Å². The van der Waals surface area contributed by atoms with Gasteiger partial charge in [0.05, 0.1) is 27.0 Å². The van der Waals surface area contributed by atoms with Gasteiger partial charge in [-0.15, -0.1) is 11.8 Å². The van der Waals surface area contributed by atoms with Crippen molar-refractivity contribution in [2.45, 2.75) is 23.1 Å². The van der Waals surface area contributed by atoms with Crippen molar-refractivity contribution >= 4 is 17.4 Å². The molecule has 6 heteroatoms. The Hall–Kier alpha value is -2.86. The molecule has 3 aromatic rings. The monoisotopic (exact) mass is 439 g/mol. The Labute approximate surface area is 186 Å². The number of anilines is 1. The minimum Gasteiger partial charge on any atom is -0.493 e. The quantitative estimate of drug-likeness (QED) is 0.464. The Bertz CT molecular complexity index is 1030. The van der Waals surface area contributed by atoms with Crippen LogP contribution in [0.5, 0.6) is 17.2 Å². The number of methoxy groups -OCH3 is 3. The van der Waals surface area contributed by atoms with Gasteiger partial charge in [-0.3, -0.25) is 0 Å². The van der Waals surface area contributed by atoms with Gasteiger partial charge in [0.1, 0.15) is 5.82 Å². The summed E-state index contributed by atoms with van der Waals surface area (Å²) in [5.41, 5.74) is 3.26. The fourth-order valence-electron chi connectivity index (χ4n) is 3.97. The van der Waals surface area contributed by atoms with Crippen molar-refractivity contribution in [2.24, 2.45) is 0 Å². The molecule has 0 aromatic heterocycles. The van der Waals surface area contributed by atoms with Gasteiger partial charge < -0.3 is 19.1 Å². The molecule has 1 atom stereocenters. The summed E-state index contributed by atoms with van der Waals surface area (Å²) in [6.45, 7) is 1.51. The summed E-state index contributed by atoms with van der Waals surface area (Å²) in [5.74, 6) is 1.71. The Morgan fingerprint density at radius 3 is 2.35 bits per heavy atom. The van der Waals surface area contributed by atoms with E-state index in [9.17, 15) is 4.39 Å². The molecule has 0 bridgehead atoms. The summed E-state index contributed by atoms with van der Waals surface area (Å²) >= 11 is 1.83. The fraction of sp³-hybridized carbons (Fsp3) is 0.280. The van der Waals surface area contributed by atoms with Gasteiger partial charge in [-0.05, 0) is 53.9 Å². The number of halogens is 1. The maximum absolute atomic E-state index is 13.7. The lowest BCUT2D eigenvalue weighted by molar-refractivity contribution is 0.323. The Balaban J connectivity index is 1.67. The Morgan fingerprint density at radius 2 is 1.68 bits per heavy atom. The zero-order chi connectivity index (χ0) is 21.8. The number of para-hydroxylation sites is 1. The standard InChI is InChI=1S/C25H26FNO3S/c1-28-21-14-18(15-22(29-2)25(21)30-3)23-11-12-27(16-17-7-6-8-19(26)13-17)20-9-4-5-10-24(20)31-23/h4-10,13-15,23H,11-12,16H2,1-3H3/t23-/m1/s1. The van der Waals surface area contributed by atoms with Crippen LogP contribution in [0.2, 0.25) is 0 Å². The molecule has 31 heavy (non-hydrogen) atoms. The number of rotatable bonds is 6. The third-order valence-electron chi connectivity index (χ3n) is 5.46. The highest BCUT2D eigenvalue weighted by atomic mass is 32.2. The molecule has 0 aliphatic carbocycles. The first-order valence-electron chi connectivity index (χ1n) is 10.2. The predicted octanol–water partition coefficient (Wildman–Crippen LogP) is 6.10. The number of fused-ring (bicyclic) bond motifs is 1. The van der Waals surface area contributed by atoms with E-state index < -0.39 is 0 Å². The molecule has 0 radical (unpaired) electrons. The highest BCUT2D eigenvalue weighted by molar-refractivity contribution is 7.99. The largest absolute Gasteiger partial charge is 0.493 e. The van der Waals surface area contributed by atoms with Crippen molar-refractivity contribution in [3.63, 3.8) is 0 Å². The van der Waals surface area contributed by atoms with E-state index in [4.69, 9.17) is 14.2 Å². The number of benzene rings is 3. The van der Waals surface area contributed by atoms with Crippen LogP contribution in [-0.4, -0.2) is 27.9 Å². The van der Waals surface area contributed by atoms with Crippen molar-refractivity contribution in [2.75, 3.05) is 32.8 Å². The first-order valence-corrected chi connectivity index (χ1v) is 11.1. The van der Waals surface area contributed by atoms with Gasteiger partial charge in [0.25, 0.3) is 0 Å². The number of hydrogen-bond donors (Lipinski definition) is 0. The van der Waals surface area contributed by atoms with E-state index in [1.54, 1.807) is 33.5 Å². The average molecular weight is 440 g/mol. The fourth-order valence-corrected chi connectivity index (χ4v) is 5.24. The summed E-state index contributed by atoms with van der Waals surface area (Å²) in [4.78, 5) is 3.53. The highest BCUT2D eigenvalue weighted by Crippen LogP contribution is 2.48. The van der Waals surface area contributed by atoms with Crippen LogP contribution < -0.4 is 19.1 Å². The second-order valence-corrected chi connectivity index (χ2v) is 8.62. The molecule has 0 amide bonds. The van der Waals surface area contributed by atoms with Crippen LogP contribution in [0.1, 0.15) is 22.8 Å². The average Bonchev–Trinajstić information content (AvgIpc) is 2.98. The molecule has 0 saturated heterocycles. The third-order valence-corrected chi connectivity index (χ3v) is 6.85. The molecule has 4 nitrogen and oxygen atoms in total. The van der Waals surface area contributed by atoms with Crippen LogP contribution >= 0.6 is 11.8 Å². The van der Waals surface area contributed by atoms with Crippen molar-refractivity contribution in [3.05, 3.63) is 77.6 Å². The van der Waals surface area contributed by atoms with Crippen LogP contribution in [0.3, 0.4) is 0 Å². The van der Waals surface area contributed by atoms with Crippen LogP contribution in [0.4, 0.5) is 10.1 Å². The normalized spacial score (nSPS) is 15.7. The molecule has 1 aliphatic heterocycles. The second-order valence-electron chi connectivity index (χ2n) is 7.37. The van der Waals surface area contributed by atoms with Crippen molar-refractivity contribution in [3.8, 4) is 17.2 Å². The number of ether oxygens (including phenoxy) is 3. The first kappa shape index (κ1) is 21.4. The van der Waals surface area contributed by atoms with Gasteiger partial charge in [0.2, 0.25) is 5.75 Å². The van der Waals surface area contributed by atoms with E-state index in [0.717, 1.165) is 24.1 Å². The maximum atomic E-state index is 13.7. The van der Waals surface area contributed by atoms with E-state index in [1.165, 1.54) is 16.6 Å². The van der Waals surface area contributed by atoms with Gasteiger partial charge in [0.15, 0.2) is 11.5 Å². The molecule has 3 aromatic carbocycles. The van der Waals surface area contributed by atoms with E-state index in [2.05, 4.69) is 29.2 Å². The summed E-state index contributed by atoms with van der Waals surface area (Å²) in [6, 6.07) is 19.3. The highest BCUT2D eigenvalue weighted by Gasteiger charge is 2.25. The summed E-state index contributed by atoms with van der Waals surface area (Å²) in [6.07, 6.45) is 0.924. The van der Waals surface area contributed by atoms with Crippen LogP contribution in [0.25, 0.3) is 0 Å². The predicted molar refractivity (Wildman–Crippen MR) is 123 cm³/mol. The van der Waals surface area contributed by atoms with Gasteiger partial charge in [-0.2, -0.15) is 0 Å². The topological polar surface area (TPSA) is 30.9 Å². The molecule has 0 unspecified atom stereocenters. The van der Waals surface area contributed by atoms with Gasteiger partial charge in [-0.1, -0.05) is 24.3 Å². The third kappa shape index (κ3) is 4.59. The molecule has 0 saturated carbocycles. The molecule has 0 fully saturated rings. The molecular weight excluding hydrogens is 413 g/mol. The summed E-state index contributed by atoms with van der Waals surface area (Å²) in [5, 5.41) is 0.215. The zero-order valence-corrected chi connectivity index (χ0v) is 18.7. The molecular formula is C25H26FNO3S. The number of nitrogens with zero attached hydrogens (tertiary/aromatic N) is 1. The van der Waals surface area contributed by atoms with Crippen molar-refractivity contribution in [1.29, 1.82) is 0 Å². The van der Waals surface area contributed by atoms with Crippen LogP contribution in [0.15, 0.2) is 65.6 Å². The minimum absolute atomic E-state index is 0.203. The molecule has 1 aliphatic rings. The van der Waals surface area contributed by atoms with Crippen LogP contribution in [-0.2, 0) is 6.54 Å². The lowest BCUT2D eigenvalue weighted by atomic mass is 10.1. The summed E-state index contributed by atoms with van der Waals surface area (Å²) < 4.78 is 30.3. The van der Waals surface area contributed by atoms with Crippen LogP contribution in [0, 0.1) is 5.82 Å². The van der Waals surface area contributed by atoms with E-state index in [0.29, 0.717) is 23.8 Å². The lowest BCUT2D eigenvalue weighted by Gasteiger charge is -2.24. The van der Waals surface area contributed by atoms with E-state index >= 15 is 0 Å². The molecule has 162 valence electrons. The minimum atomic E-state index is -0.203. The molecule has 4 rings (SSSR count). The lowest BCUT2D eigenvalue weighted by Crippen LogP contribution is -2.24. The Kier molecular flexibility index (Phi) is 6.56.